The summed E-state index contributed by atoms with van der Waals surface area (Å²) in [6, 6.07) is 0. The van der Waals surface area contributed by atoms with Gasteiger partial charge in [0.05, 0.1) is 12.7 Å². The second-order valence-corrected chi connectivity index (χ2v) is 2.94. The Bertz CT molecular complexity index is 225. The van der Waals surface area contributed by atoms with Crippen LogP contribution in [-0.2, 0) is 9.53 Å². The van der Waals surface area contributed by atoms with Crippen LogP contribution in [0.5, 0.6) is 0 Å². The van der Waals surface area contributed by atoms with Crippen molar-refractivity contribution in [2.24, 2.45) is 4.99 Å². The van der Waals surface area contributed by atoms with Crippen LogP contribution in [0, 0.1) is 0 Å². The van der Waals surface area contributed by atoms with Gasteiger partial charge in [0.25, 0.3) is 0 Å². The summed E-state index contributed by atoms with van der Waals surface area (Å²) in [4.78, 5) is 15.3. The van der Waals surface area contributed by atoms with Crippen molar-refractivity contribution in [1.29, 1.82) is 0 Å². The van der Waals surface area contributed by atoms with Gasteiger partial charge in [-0.1, -0.05) is 12.5 Å². The van der Waals surface area contributed by atoms with Crippen LogP contribution in [0.2, 0.25) is 0 Å². The van der Waals surface area contributed by atoms with Crippen LogP contribution in [0.4, 0.5) is 0 Å². The van der Waals surface area contributed by atoms with E-state index in [1.807, 2.05) is 20.8 Å². The van der Waals surface area contributed by atoms with E-state index in [4.69, 9.17) is 0 Å². The number of carbonyl (C=O) groups excluding carboxylic acids is 1. The summed E-state index contributed by atoms with van der Waals surface area (Å²) in [6.45, 7) is 6.51. The quantitative estimate of drug-likeness (QED) is 0.380. The van der Waals surface area contributed by atoms with Crippen LogP contribution >= 0.6 is 0 Å². The summed E-state index contributed by atoms with van der Waals surface area (Å²) in [5.41, 5.74) is 1.47. The summed E-state index contributed by atoms with van der Waals surface area (Å²) in [5, 5.41) is 0. The Morgan fingerprint density at radius 2 is 2.08 bits per heavy atom. The van der Waals surface area contributed by atoms with Crippen molar-refractivity contribution in [2.75, 3.05) is 13.7 Å². The Morgan fingerprint density at radius 3 is 2.46 bits per heavy atom. The van der Waals surface area contributed by atoms with Crippen LogP contribution in [0.3, 0.4) is 0 Å². The van der Waals surface area contributed by atoms with Gasteiger partial charge in [-0.15, -0.1) is 0 Å². The molecule has 0 saturated heterocycles. The molecule has 0 aromatic rings. The van der Waals surface area contributed by atoms with E-state index in [1.54, 1.807) is 6.21 Å². The Kier molecular flexibility index (Phi) is 5.85. The van der Waals surface area contributed by atoms with Crippen molar-refractivity contribution >= 4 is 12.2 Å². The minimum absolute atomic E-state index is 0.320. The number of esters is 1. The third-order valence-corrected chi connectivity index (χ3v) is 1.52. The Hall–Kier alpha value is -1.12. The predicted molar refractivity (Wildman–Crippen MR) is 54.0 cm³/mol. The molecule has 0 aliphatic rings. The zero-order valence-corrected chi connectivity index (χ0v) is 8.76. The van der Waals surface area contributed by atoms with Gasteiger partial charge in [-0.2, -0.15) is 0 Å². The summed E-state index contributed by atoms with van der Waals surface area (Å²) in [7, 11) is 1.37. The number of hydrogen-bond acceptors (Lipinski definition) is 3. The molecule has 13 heavy (non-hydrogen) atoms. The molecule has 0 spiro atoms. The Balaban J connectivity index is 4.47. The van der Waals surface area contributed by atoms with E-state index in [0.717, 1.165) is 18.5 Å². The van der Waals surface area contributed by atoms with E-state index < -0.39 is 0 Å². The SMILES string of the molecule is CCCN=CC(C(=O)OC)=C(C)C. The summed E-state index contributed by atoms with van der Waals surface area (Å²) >= 11 is 0. The molecule has 0 amide bonds. The molecule has 0 rings (SSSR count). The highest BCUT2D eigenvalue weighted by atomic mass is 16.5. The van der Waals surface area contributed by atoms with E-state index in [2.05, 4.69) is 9.73 Å². The molecule has 0 aromatic heterocycles. The molecule has 0 aromatic carbocycles. The molecule has 0 aliphatic heterocycles. The number of methoxy groups -OCH3 is 1. The van der Waals surface area contributed by atoms with Crippen molar-refractivity contribution < 1.29 is 9.53 Å². The summed E-state index contributed by atoms with van der Waals surface area (Å²) < 4.78 is 4.62. The molecule has 0 radical (unpaired) electrons. The maximum Gasteiger partial charge on any atom is 0.339 e. The van der Waals surface area contributed by atoms with Crippen LogP contribution in [0.25, 0.3) is 0 Å². The van der Waals surface area contributed by atoms with Gasteiger partial charge >= 0.3 is 5.97 Å². The first kappa shape index (κ1) is 11.9. The highest BCUT2D eigenvalue weighted by molar-refractivity contribution is 6.10. The van der Waals surface area contributed by atoms with Gasteiger partial charge < -0.3 is 4.74 Å². The number of carbonyl (C=O) groups is 1. The topological polar surface area (TPSA) is 38.7 Å². The number of allylic oxidation sites excluding steroid dienone is 1. The zero-order valence-electron chi connectivity index (χ0n) is 8.76. The maximum absolute atomic E-state index is 11.2. The molecule has 0 N–H and O–H groups in total. The minimum atomic E-state index is -0.320. The number of hydrogen-bond donors (Lipinski definition) is 0. The summed E-state index contributed by atoms with van der Waals surface area (Å²) in [5.74, 6) is -0.320. The van der Waals surface area contributed by atoms with Crippen LogP contribution in [0.15, 0.2) is 16.1 Å². The lowest BCUT2D eigenvalue weighted by molar-refractivity contribution is -0.135. The van der Waals surface area contributed by atoms with Crippen molar-refractivity contribution in [1.82, 2.24) is 0 Å². The van der Waals surface area contributed by atoms with Gasteiger partial charge in [0.15, 0.2) is 0 Å². The standard InChI is InChI=1S/C10H17NO2/c1-5-6-11-7-9(8(2)3)10(12)13-4/h7H,5-6H2,1-4H3. The van der Waals surface area contributed by atoms with Crippen molar-refractivity contribution in [3.63, 3.8) is 0 Å². The molecule has 0 fully saturated rings. The normalized spacial score (nSPS) is 10.2. The van der Waals surface area contributed by atoms with Gasteiger partial charge in [0.1, 0.15) is 0 Å². The highest BCUT2D eigenvalue weighted by Gasteiger charge is 2.07. The highest BCUT2D eigenvalue weighted by Crippen LogP contribution is 2.02. The fourth-order valence-corrected chi connectivity index (χ4v) is 0.781. The fraction of sp³-hybridized carbons (Fsp3) is 0.600. The lowest BCUT2D eigenvalue weighted by Crippen LogP contribution is -2.07. The maximum atomic E-state index is 11.2. The number of aliphatic imine (C=N–C) groups is 1. The number of rotatable bonds is 4. The second-order valence-electron chi connectivity index (χ2n) is 2.94. The van der Waals surface area contributed by atoms with Crippen LogP contribution in [0.1, 0.15) is 27.2 Å². The average Bonchev–Trinajstić information content (AvgIpc) is 2.11. The first-order valence-corrected chi connectivity index (χ1v) is 4.39. The van der Waals surface area contributed by atoms with Gasteiger partial charge in [0, 0.05) is 12.8 Å². The average molecular weight is 183 g/mol. The van der Waals surface area contributed by atoms with E-state index in [0.29, 0.717) is 5.57 Å². The second kappa shape index (κ2) is 6.40. The van der Waals surface area contributed by atoms with E-state index in [1.165, 1.54) is 7.11 Å². The molecule has 0 atom stereocenters. The molecule has 0 bridgehead atoms. The predicted octanol–water partition coefficient (Wildman–Crippen LogP) is 1.98. The van der Waals surface area contributed by atoms with Gasteiger partial charge in [0.2, 0.25) is 0 Å². The molecule has 74 valence electrons. The molecule has 0 unspecified atom stereocenters. The molecular weight excluding hydrogens is 166 g/mol. The van der Waals surface area contributed by atoms with Crippen LogP contribution in [-0.4, -0.2) is 25.8 Å². The third kappa shape index (κ3) is 4.45. The summed E-state index contributed by atoms with van der Waals surface area (Å²) in [6.07, 6.45) is 2.57. The monoisotopic (exact) mass is 183 g/mol. The lowest BCUT2D eigenvalue weighted by atomic mass is 10.2. The lowest BCUT2D eigenvalue weighted by Gasteiger charge is -2.01. The van der Waals surface area contributed by atoms with Crippen molar-refractivity contribution in [2.45, 2.75) is 27.2 Å². The molecule has 0 saturated carbocycles. The van der Waals surface area contributed by atoms with Gasteiger partial charge in [-0.3, -0.25) is 4.99 Å². The van der Waals surface area contributed by atoms with Gasteiger partial charge in [-0.25, -0.2) is 4.79 Å². The smallest absolute Gasteiger partial charge is 0.339 e. The number of ether oxygens (including phenoxy) is 1. The minimum Gasteiger partial charge on any atom is -0.465 e. The van der Waals surface area contributed by atoms with E-state index >= 15 is 0 Å². The molecular formula is C10H17NO2. The van der Waals surface area contributed by atoms with Crippen molar-refractivity contribution in [3.8, 4) is 0 Å². The van der Waals surface area contributed by atoms with Crippen LogP contribution < -0.4 is 0 Å². The van der Waals surface area contributed by atoms with E-state index in [9.17, 15) is 4.79 Å². The van der Waals surface area contributed by atoms with Gasteiger partial charge in [-0.05, 0) is 20.3 Å². The Labute approximate surface area is 79.5 Å². The Morgan fingerprint density at radius 1 is 1.46 bits per heavy atom. The van der Waals surface area contributed by atoms with Crippen molar-refractivity contribution in [3.05, 3.63) is 11.1 Å². The molecule has 0 aliphatic carbocycles. The molecule has 3 heteroatoms. The molecule has 3 nitrogen and oxygen atoms in total. The van der Waals surface area contributed by atoms with E-state index in [-0.39, 0.29) is 5.97 Å². The fourth-order valence-electron chi connectivity index (χ4n) is 0.781. The third-order valence-electron chi connectivity index (χ3n) is 1.52. The zero-order chi connectivity index (χ0) is 10.3. The first-order valence-electron chi connectivity index (χ1n) is 4.39. The first-order chi connectivity index (χ1) is 6.13. The largest absolute Gasteiger partial charge is 0.465 e. The number of nitrogens with zero attached hydrogens (tertiary/aromatic N) is 1. The molecule has 0 heterocycles.